The lowest BCUT2D eigenvalue weighted by molar-refractivity contribution is 0.126. The molecule has 0 aliphatic carbocycles. The summed E-state index contributed by atoms with van der Waals surface area (Å²) in [5.74, 6) is 2.70. The van der Waals surface area contributed by atoms with Crippen molar-refractivity contribution in [2.75, 3.05) is 18.1 Å². The van der Waals surface area contributed by atoms with Gasteiger partial charge >= 0.3 is 0 Å². The summed E-state index contributed by atoms with van der Waals surface area (Å²) in [7, 11) is 0. The Labute approximate surface area is 102 Å². The van der Waals surface area contributed by atoms with Crippen molar-refractivity contribution in [1.29, 1.82) is 0 Å². The van der Waals surface area contributed by atoms with E-state index in [2.05, 4.69) is 6.92 Å². The fourth-order valence-corrected chi connectivity index (χ4v) is 2.25. The van der Waals surface area contributed by atoms with Crippen molar-refractivity contribution in [2.45, 2.75) is 25.9 Å². The molecule has 1 aromatic carbocycles. The highest BCUT2D eigenvalue weighted by Crippen LogP contribution is 2.10. The van der Waals surface area contributed by atoms with E-state index in [1.54, 1.807) is 11.8 Å². The minimum Gasteiger partial charge on any atom is -0.491 e. The molecule has 0 amide bonds. The molecule has 0 unspecified atom stereocenters. The van der Waals surface area contributed by atoms with Gasteiger partial charge in [-0.15, -0.1) is 0 Å². The molecule has 0 aliphatic rings. The van der Waals surface area contributed by atoms with Gasteiger partial charge in [0.1, 0.15) is 12.4 Å². The second kappa shape index (κ2) is 8.48. The van der Waals surface area contributed by atoms with Crippen LogP contribution in [0.2, 0.25) is 0 Å². The Morgan fingerprint density at radius 3 is 2.75 bits per heavy atom. The maximum absolute atomic E-state index is 9.66. The van der Waals surface area contributed by atoms with Crippen molar-refractivity contribution >= 4 is 11.8 Å². The number of rotatable bonds is 8. The molecule has 1 aromatic rings. The van der Waals surface area contributed by atoms with Gasteiger partial charge in [0.15, 0.2) is 0 Å². The summed E-state index contributed by atoms with van der Waals surface area (Å²) in [5, 5.41) is 9.66. The van der Waals surface area contributed by atoms with Gasteiger partial charge in [0.25, 0.3) is 0 Å². The average Bonchev–Trinajstić information content (AvgIpc) is 2.33. The Hall–Kier alpha value is -0.670. The Morgan fingerprint density at radius 1 is 1.31 bits per heavy atom. The van der Waals surface area contributed by atoms with Crippen LogP contribution in [0.5, 0.6) is 5.75 Å². The van der Waals surface area contributed by atoms with E-state index in [-0.39, 0.29) is 6.10 Å². The predicted octanol–water partition coefficient (Wildman–Crippen LogP) is 2.96. The van der Waals surface area contributed by atoms with Gasteiger partial charge in [0, 0.05) is 5.75 Å². The molecule has 90 valence electrons. The first-order valence-electron chi connectivity index (χ1n) is 5.76. The number of benzene rings is 1. The van der Waals surface area contributed by atoms with E-state index in [1.165, 1.54) is 12.8 Å². The van der Waals surface area contributed by atoms with E-state index < -0.39 is 0 Å². The monoisotopic (exact) mass is 240 g/mol. The van der Waals surface area contributed by atoms with Crippen molar-refractivity contribution in [2.24, 2.45) is 0 Å². The van der Waals surface area contributed by atoms with Crippen LogP contribution < -0.4 is 4.74 Å². The Morgan fingerprint density at radius 2 is 2.06 bits per heavy atom. The quantitative estimate of drug-likeness (QED) is 0.708. The zero-order chi connectivity index (χ0) is 11.6. The summed E-state index contributed by atoms with van der Waals surface area (Å²) in [6.45, 7) is 2.55. The fraction of sp³-hybridized carbons (Fsp3) is 0.538. The molecule has 3 heteroatoms. The molecule has 0 heterocycles. The summed E-state index contributed by atoms with van der Waals surface area (Å²) >= 11 is 1.79. The van der Waals surface area contributed by atoms with Gasteiger partial charge in [-0.2, -0.15) is 11.8 Å². The van der Waals surface area contributed by atoms with E-state index in [1.807, 2.05) is 30.3 Å². The highest BCUT2D eigenvalue weighted by Gasteiger charge is 2.04. The molecule has 0 aromatic heterocycles. The van der Waals surface area contributed by atoms with Crippen LogP contribution in [0, 0.1) is 0 Å². The first-order valence-corrected chi connectivity index (χ1v) is 6.92. The third-order valence-electron chi connectivity index (χ3n) is 2.14. The number of ether oxygens (including phenoxy) is 1. The van der Waals surface area contributed by atoms with Crippen molar-refractivity contribution in [3.05, 3.63) is 30.3 Å². The molecule has 0 fully saturated rings. The van der Waals surface area contributed by atoms with Gasteiger partial charge in [-0.25, -0.2) is 0 Å². The molecule has 1 N–H and O–H groups in total. The Balaban J connectivity index is 2.08. The fourth-order valence-electron chi connectivity index (χ4n) is 1.22. The summed E-state index contributed by atoms with van der Waals surface area (Å²) in [5.41, 5.74) is 0. The maximum atomic E-state index is 9.66. The molecular formula is C13H20O2S. The first kappa shape index (κ1) is 13.4. The van der Waals surface area contributed by atoms with E-state index in [9.17, 15) is 5.11 Å². The summed E-state index contributed by atoms with van der Waals surface area (Å²) in [6.07, 6.45) is 2.06. The lowest BCUT2D eigenvalue weighted by Crippen LogP contribution is -2.20. The number of hydrogen-bond acceptors (Lipinski definition) is 3. The second-order valence-electron chi connectivity index (χ2n) is 3.71. The Bertz CT molecular complexity index is 264. The molecule has 1 atom stereocenters. The van der Waals surface area contributed by atoms with Gasteiger partial charge in [0.2, 0.25) is 0 Å². The minimum atomic E-state index is -0.373. The molecule has 0 saturated carbocycles. The largest absolute Gasteiger partial charge is 0.491 e. The van der Waals surface area contributed by atoms with Crippen molar-refractivity contribution in [3.8, 4) is 5.75 Å². The predicted molar refractivity (Wildman–Crippen MR) is 70.2 cm³/mol. The number of thioether (sulfide) groups is 1. The third-order valence-corrected chi connectivity index (χ3v) is 3.34. The summed E-state index contributed by atoms with van der Waals surface area (Å²) in [6, 6.07) is 9.60. The average molecular weight is 240 g/mol. The summed E-state index contributed by atoms with van der Waals surface area (Å²) < 4.78 is 5.46. The summed E-state index contributed by atoms with van der Waals surface area (Å²) in [4.78, 5) is 0. The molecule has 16 heavy (non-hydrogen) atoms. The van der Waals surface area contributed by atoms with E-state index in [0.29, 0.717) is 6.61 Å². The van der Waals surface area contributed by atoms with E-state index in [4.69, 9.17) is 4.74 Å². The molecule has 0 radical (unpaired) electrons. The van der Waals surface area contributed by atoms with E-state index >= 15 is 0 Å². The zero-order valence-electron chi connectivity index (χ0n) is 9.76. The number of unbranched alkanes of at least 4 members (excludes halogenated alkanes) is 1. The minimum absolute atomic E-state index is 0.373. The topological polar surface area (TPSA) is 29.5 Å². The lowest BCUT2D eigenvalue weighted by atomic mass is 10.3. The van der Waals surface area contributed by atoms with Gasteiger partial charge in [0.05, 0.1) is 6.10 Å². The van der Waals surface area contributed by atoms with Crippen LogP contribution in [0.1, 0.15) is 19.8 Å². The van der Waals surface area contributed by atoms with Crippen LogP contribution in [0.3, 0.4) is 0 Å². The maximum Gasteiger partial charge on any atom is 0.119 e. The van der Waals surface area contributed by atoms with Gasteiger partial charge in [-0.05, 0) is 24.3 Å². The van der Waals surface area contributed by atoms with Crippen molar-refractivity contribution in [1.82, 2.24) is 0 Å². The van der Waals surface area contributed by atoms with Crippen LogP contribution in [0.25, 0.3) is 0 Å². The van der Waals surface area contributed by atoms with Crippen LogP contribution in [0.4, 0.5) is 0 Å². The molecule has 0 bridgehead atoms. The number of hydrogen-bond donors (Lipinski definition) is 1. The Kier molecular flexibility index (Phi) is 7.10. The number of aliphatic hydroxyl groups is 1. The standard InChI is InChI=1S/C13H20O2S/c1-2-3-9-16-11-12(14)10-15-13-7-5-4-6-8-13/h4-8,12,14H,2-3,9-11H2,1H3/t12-/m1/s1. The number of aliphatic hydroxyl groups excluding tert-OH is 1. The van der Waals surface area contributed by atoms with Gasteiger partial charge in [-0.3, -0.25) is 0 Å². The molecule has 0 spiro atoms. The van der Waals surface area contributed by atoms with E-state index in [0.717, 1.165) is 17.3 Å². The smallest absolute Gasteiger partial charge is 0.119 e. The molecule has 0 saturated heterocycles. The normalized spacial score (nSPS) is 12.4. The second-order valence-corrected chi connectivity index (χ2v) is 4.86. The van der Waals surface area contributed by atoms with Gasteiger partial charge < -0.3 is 9.84 Å². The zero-order valence-corrected chi connectivity index (χ0v) is 10.6. The van der Waals surface area contributed by atoms with Crippen molar-refractivity contribution in [3.63, 3.8) is 0 Å². The molecule has 1 rings (SSSR count). The van der Waals surface area contributed by atoms with Crippen molar-refractivity contribution < 1.29 is 9.84 Å². The highest BCUT2D eigenvalue weighted by atomic mass is 32.2. The molecular weight excluding hydrogens is 220 g/mol. The van der Waals surface area contributed by atoms with Crippen LogP contribution >= 0.6 is 11.8 Å². The van der Waals surface area contributed by atoms with Gasteiger partial charge in [-0.1, -0.05) is 31.5 Å². The molecule has 2 nitrogen and oxygen atoms in total. The van der Waals surface area contributed by atoms with Crippen LogP contribution in [-0.4, -0.2) is 29.3 Å². The lowest BCUT2D eigenvalue weighted by Gasteiger charge is -2.11. The van der Waals surface area contributed by atoms with Crippen LogP contribution in [-0.2, 0) is 0 Å². The molecule has 0 aliphatic heterocycles. The first-order chi connectivity index (χ1) is 7.83. The van der Waals surface area contributed by atoms with Crippen LogP contribution in [0.15, 0.2) is 30.3 Å². The number of para-hydroxylation sites is 1. The third kappa shape index (κ3) is 6.03. The highest BCUT2D eigenvalue weighted by molar-refractivity contribution is 7.99. The SMILES string of the molecule is CCCCSC[C@H](O)COc1ccccc1.